The van der Waals surface area contributed by atoms with E-state index in [-0.39, 0.29) is 24.3 Å². The number of carbonyl (C=O) groups is 3. The number of methoxy groups -OCH3 is 1. The molecule has 1 unspecified atom stereocenters. The van der Waals surface area contributed by atoms with E-state index in [1.54, 1.807) is 36.4 Å². The first kappa shape index (κ1) is 24.1. The zero-order chi connectivity index (χ0) is 25.1. The maximum atomic E-state index is 13.1. The Kier molecular flexibility index (Phi) is 7.04. The first-order valence-electron chi connectivity index (χ1n) is 12.3. The molecule has 3 heterocycles. The molecule has 3 amide bonds. The molecule has 1 atom stereocenters. The molecule has 2 aliphatic heterocycles. The third-order valence-corrected chi connectivity index (χ3v) is 6.55. The van der Waals surface area contributed by atoms with E-state index in [2.05, 4.69) is 10.3 Å². The summed E-state index contributed by atoms with van der Waals surface area (Å²) in [6.07, 6.45) is 3.90. The van der Waals surface area contributed by atoms with Crippen LogP contribution in [0.25, 0.3) is 0 Å². The van der Waals surface area contributed by atoms with Crippen molar-refractivity contribution in [2.75, 3.05) is 44.9 Å². The second-order valence-corrected chi connectivity index (χ2v) is 9.32. The van der Waals surface area contributed by atoms with E-state index in [1.807, 2.05) is 12.1 Å². The average molecular weight is 495 g/mol. The average Bonchev–Trinajstić information content (AvgIpc) is 3.58. The molecule has 1 saturated heterocycles. The number of carbonyl (C=O) groups excluding carboxylic acids is 3. The third-order valence-electron chi connectivity index (χ3n) is 6.55. The molecule has 10 heteroatoms. The molecule has 1 aromatic heterocycles. The highest BCUT2D eigenvalue weighted by Crippen LogP contribution is 2.31. The van der Waals surface area contributed by atoms with E-state index in [9.17, 15) is 14.4 Å². The summed E-state index contributed by atoms with van der Waals surface area (Å²) in [6, 6.07) is 8.93. The number of ether oxygens (including phenoxy) is 3. The zero-order valence-electron chi connectivity index (χ0n) is 20.3. The summed E-state index contributed by atoms with van der Waals surface area (Å²) in [5.74, 6) is 1.09. The Hall–Kier alpha value is -3.66. The zero-order valence-corrected chi connectivity index (χ0v) is 20.3. The lowest BCUT2D eigenvalue weighted by atomic mass is 10.1. The highest BCUT2D eigenvalue weighted by molar-refractivity contribution is 6.03. The number of anilines is 1. The van der Waals surface area contributed by atoms with Crippen molar-refractivity contribution in [2.45, 2.75) is 31.9 Å². The number of rotatable bonds is 11. The minimum Gasteiger partial charge on any atom is -0.479 e. The minimum absolute atomic E-state index is 0.0242. The number of pyridine rings is 1. The first-order valence-corrected chi connectivity index (χ1v) is 12.3. The lowest BCUT2D eigenvalue weighted by Crippen LogP contribution is -2.38. The predicted octanol–water partition coefficient (Wildman–Crippen LogP) is 1.77. The second kappa shape index (κ2) is 10.5. The molecule has 0 radical (unpaired) electrons. The van der Waals surface area contributed by atoms with Crippen LogP contribution in [0, 0.1) is 5.92 Å². The number of hydrogen-bond donors (Lipinski definition) is 1. The van der Waals surface area contributed by atoms with Gasteiger partial charge in [-0.05, 0) is 42.5 Å². The van der Waals surface area contributed by atoms with Crippen molar-refractivity contribution in [3.05, 3.63) is 47.7 Å². The van der Waals surface area contributed by atoms with E-state index in [0.717, 1.165) is 5.56 Å². The van der Waals surface area contributed by atoms with Crippen LogP contribution in [0.2, 0.25) is 0 Å². The van der Waals surface area contributed by atoms with E-state index >= 15 is 0 Å². The molecule has 1 aliphatic carbocycles. The fourth-order valence-electron chi connectivity index (χ4n) is 4.36. The molecule has 10 nitrogen and oxygen atoms in total. The maximum absolute atomic E-state index is 13.1. The van der Waals surface area contributed by atoms with E-state index in [0.29, 0.717) is 68.1 Å². The molecule has 2 fully saturated rings. The van der Waals surface area contributed by atoms with Gasteiger partial charge in [-0.1, -0.05) is 6.07 Å². The van der Waals surface area contributed by atoms with Crippen molar-refractivity contribution in [3.8, 4) is 11.6 Å². The van der Waals surface area contributed by atoms with Crippen LogP contribution in [-0.2, 0) is 20.9 Å². The van der Waals surface area contributed by atoms with Crippen LogP contribution in [0.15, 0.2) is 36.5 Å². The van der Waals surface area contributed by atoms with Crippen molar-refractivity contribution < 1.29 is 28.6 Å². The Balaban J connectivity index is 1.17. The highest BCUT2D eigenvalue weighted by atomic mass is 16.5. The second-order valence-electron chi connectivity index (χ2n) is 9.32. The number of fused-ring (bicyclic) bond motifs is 1. The third kappa shape index (κ3) is 5.43. The van der Waals surface area contributed by atoms with Crippen molar-refractivity contribution >= 4 is 23.4 Å². The van der Waals surface area contributed by atoms with Gasteiger partial charge < -0.3 is 29.3 Å². The van der Waals surface area contributed by atoms with E-state index < -0.39 is 6.10 Å². The van der Waals surface area contributed by atoms with Crippen LogP contribution in [0.4, 0.5) is 5.69 Å². The number of nitrogens with one attached hydrogen (secondary N) is 1. The molecule has 0 spiro atoms. The van der Waals surface area contributed by atoms with Gasteiger partial charge in [-0.3, -0.25) is 14.4 Å². The predicted molar refractivity (Wildman–Crippen MR) is 130 cm³/mol. The fourth-order valence-corrected chi connectivity index (χ4v) is 4.36. The first-order chi connectivity index (χ1) is 17.5. The van der Waals surface area contributed by atoms with Gasteiger partial charge in [0.05, 0.1) is 19.4 Å². The maximum Gasteiger partial charge on any atom is 0.268 e. The SMILES string of the molecule is COCCNC(=O)CN1Cc2ccc(N3CCC(Oc4ccc(OCC5CC5)nc4)C3=O)cc2C1=O. The molecular weight excluding hydrogens is 464 g/mol. The summed E-state index contributed by atoms with van der Waals surface area (Å²) in [6.45, 7) is 2.31. The van der Waals surface area contributed by atoms with Gasteiger partial charge in [0, 0.05) is 50.5 Å². The van der Waals surface area contributed by atoms with Crippen LogP contribution in [0.3, 0.4) is 0 Å². The van der Waals surface area contributed by atoms with Gasteiger partial charge in [0.1, 0.15) is 12.3 Å². The Labute approximate surface area is 209 Å². The Morgan fingerprint density at radius 2 is 2.03 bits per heavy atom. The van der Waals surface area contributed by atoms with Crippen molar-refractivity contribution in [1.29, 1.82) is 0 Å². The molecule has 1 saturated carbocycles. The molecule has 36 heavy (non-hydrogen) atoms. The monoisotopic (exact) mass is 494 g/mol. The molecule has 0 bridgehead atoms. The van der Waals surface area contributed by atoms with Crippen molar-refractivity contribution in [3.63, 3.8) is 0 Å². The van der Waals surface area contributed by atoms with Gasteiger partial charge in [0.15, 0.2) is 6.10 Å². The van der Waals surface area contributed by atoms with Gasteiger partial charge in [-0.25, -0.2) is 4.98 Å². The molecule has 190 valence electrons. The minimum atomic E-state index is -0.624. The van der Waals surface area contributed by atoms with E-state index in [4.69, 9.17) is 14.2 Å². The summed E-state index contributed by atoms with van der Waals surface area (Å²) in [5, 5.41) is 2.72. The quantitative estimate of drug-likeness (QED) is 0.474. The summed E-state index contributed by atoms with van der Waals surface area (Å²) >= 11 is 0. The van der Waals surface area contributed by atoms with Crippen LogP contribution < -0.4 is 19.7 Å². The van der Waals surface area contributed by atoms with Gasteiger partial charge in [0.2, 0.25) is 11.8 Å². The molecule has 2 aromatic rings. The highest BCUT2D eigenvalue weighted by Gasteiger charge is 2.36. The summed E-state index contributed by atoms with van der Waals surface area (Å²) < 4.78 is 16.5. The fraction of sp³-hybridized carbons (Fsp3) is 0.462. The van der Waals surface area contributed by atoms with Crippen molar-refractivity contribution in [1.82, 2.24) is 15.2 Å². The smallest absolute Gasteiger partial charge is 0.268 e. The lowest BCUT2D eigenvalue weighted by Gasteiger charge is -2.18. The van der Waals surface area contributed by atoms with Crippen molar-refractivity contribution in [2.24, 2.45) is 5.92 Å². The van der Waals surface area contributed by atoms with Crippen LogP contribution in [0.5, 0.6) is 11.6 Å². The van der Waals surface area contributed by atoms with Gasteiger partial charge >= 0.3 is 0 Å². The largest absolute Gasteiger partial charge is 0.479 e. The Morgan fingerprint density at radius 3 is 2.78 bits per heavy atom. The van der Waals surface area contributed by atoms with Crippen LogP contribution >= 0.6 is 0 Å². The number of nitrogens with zero attached hydrogens (tertiary/aromatic N) is 3. The van der Waals surface area contributed by atoms with E-state index in [1.165, 1.54) is 17.7 Å². The lowest BCUT2D eigenvalue weighted by molar-refractivity contribution is -0.123. The van der Waals surface area contributed by atoms with Crippen LogP contribution in [0.1, 0.15) is 35.2 Å². The molecule has 1 aromatic carbocycles. The Morgan fingerprint density at radius 1 is 1.17 bits per heavy atom. The standard InChI is InChI=1S/C26H30N4O6/c1-34-11-9-27-23(31)15-29-14-18-4-5-19(12-21(18)25(29)32)30-10-8-22(26(30)33)36-20-6-7-24(28-13-20)35-16-17-2-3-17/h4-7,12-13,17,22H,2-3,8-11,14-16H2,1H3,(H,27,31). The summed E-state index contributed by atoms with van der Waals surface area (Å²) in [5.41, 5.74) is 2.00. The van der Waals surface area contributed by atoms with Gasteiger partial charge in [0.25, 0.3) is 11.8 Å². The number of benzene rings is 1. The molecule has 3 aliphatic rings. The topological polar surface area (TPSA) is 110 Å². The van der Waals surface area contributed by atoms with Crippen LogP contribution in [-0.4, -0.2) is 73.7 Å². The molecule has 1 N–H and O–H groups in total. The van der Waals surface area contributed by atoms with Gasteiger partial charge in [-0.15, -0.1) is 0 Å². The Bertz CT molecular complexity index is 1130. The summed E-state index contributed by atoms with van der Waals surface area (Å²) in [7, 11) is 1.56. The molecular formula is C26H30N4O6. The molecule has 5 rings (SSSR count). The normalized spacial score (nSPS) is 19.0. The number of hydrogen-bond acceptors (Lipinski definition) is 7. The number of aromatic nitrogens is 1. The van der Waals surface area contributed by atoms with Gasteiger partial charge in [-0.2, -0.15) is 0 Å². The summed E-state index contributed by atoms with van der Waals surface area (Å²) in [4.78, 5) is 45.5. The number of amides is 3.